The maximum absolute atomic E-state index is 12.8. The van der Waals surface area contributed by atoms with Gasteiger partial charge in [0, 0.05) is 5.69 Å². The minimum Gasteiger partial charge on any atom is -0.461 e. The largest absolute Gasteiger partial charge is 0.461 e. The van der Waals surface area contributed by atoms with Crippen LogP contribution in [-0.4, -0.2) is 17.6 Å². The van der Waals surface area contributed by atoms with Crippen LogP contribution in [0.1, 0.15) is 35.1 Å². The average Bonchev–Trinajstić information content (AvgIpc) is 2.27. The highest BCUT2D eigenvalue weighted by molar-refractivity contribution is 6.17. The zero-order chi connectivity index (χ0) is 13.0. The molecule has 4 nitrogen and oxygen atoms in total. The van der Waals surface area contributed by atoms with Crippen LogP contribution in [0.15, 0.2) is 6.07 Å². The summed E-state index contributed by atoms with van der Waals surface area (Å²) in [6.45, 7) is 1.63. The van der Waals surface area contributed by atoms with E-state index in [0.717, 1.165) is 0 Å². The first-order valence-electron chi connectivity index (χ1n) is 4.81. The Morgan fingerprint density at radius 3 is 2.76 bits per heavy atom. The summed E-state index contributed by atoms with van der Waals surface area (Å²) in [5.41, 5.74) is 4.39. The zero-order valence-electron chi connectivity index (χ0n) is 9.04. The van der Waals surface area contributed by atoms with E-state index in [-0.39, 0.29) is 23.9 Å². The van der Waals surface area contributed by atoms with E-state index in [2.05, 4.69) is 9.72 Å². The van der Waals surface area contributed by atoms with E-state index in [1.54, 1.807) is 6.92 Å². The Balaban J connectivity index is 3.32. The van der Waals surface area contributed by atoms with Crippen LogP contribution in [0.5, 0.6) is 0 Å². The van der Waals surface area contributed by atoms with Crippen molar-refractivity contribution in [3.63, 3.8) is 0 Å². The highest BCUT2D eigenvalue weighted by Crippen LogP contribution is 2.29. The van der Waals surface area contributed by atoms with Gasteiger partial charge in [0.15, 0.2) is 5.69 Å². The number of carbonyl (C=O) groups is 1. The van der Waals surface area contributed by atoms with Crippen LogP contribution in [0.3, 0.4) is 0 Å². The number of nitrogens with zero attached hydrogens (tertiary/aromatic N) is 1. The van der Waals surface area contributed by atoms with Crippen molar-refractivity contribution in [1.82, 2.24) is 4.98 Å². The molecule has 17 heavy (non-hydrogen) atoms. The molecule has 0 aliphatic carbocycles. The molecule has 0 spiro atoms. The number of pyridine rings is 1. The molecule has 0 bridgehead atoms. The Hall–Kier alpha value is -1.43. The first-order chi connectivity index (χ1) is 8.01. The SMILES string of the molecule is CCOC(=O)c1nc(CCl)cc(N)c1C(F)F. The Morgan fingerprint density at radius 2 is 2.29 bits per heavy atom. The van der Waals surface area contributed by atoms with Gasteiger partial charge in [0.05, 0.1) is 23.7 Å². The maximum Gasteiger partial charge on any atom is 0.357 e. The smallest absolute Gasteiger partial charge is 0.357 e. The number of nitrogens with two attached hydrogens (primary N) is 1. The topological polar surface area (TPSA) is 65.2 Å². The van der Waals surface area contributed by atoms with Crippen LogP contribution in [0.2, 0.25) is 0 Å². The molecule has 0 aliphatic heterocycles. The third-order valence-electron chi connectivity index (χ3n) is 1.97. The van der Waals surface area contributed by atoms with Crippen LogP contribution in [0.25, 0.3) is 0 Å². The van der Waals surface area contributed by atoms with Gasteiger partial charge in [-0.15, -0.1) is 11.6 Å². The molecule has 1 aromatic rings. The first-order valence-corrected chi connectivity index (χ1v) is 5.35. The predicted molar refractivity (Wildman–Crippen MR) is 59.1 cm³/mol. The summed E-state index contributed by atoms with van der Waals surface area (Å²) in [5, 5.41) is 0. The van der Waals surface area contributed by atoms with Crippen molar-refractivity contribution in [3.8, 4) is 0 Å². The van der Waals surface area contributed by atoms with Crippen molar-refractivity contribution in [3.05, 3.63) is 23.0 Å². The van der Waals surface area contributed by atoms with Gasteiger partial charge in [0.2, 0.25) is 0 Å². The van der Waals surface area contributed by atoms with Crippen molar-refractivity contribution >= 4 is 23.3 Å². The molecule has 1 aromatic heterocycles. The minimum absolute atomic E-state index is 0.0277. The number of carbonyl (C=O) groups excluding carboxylic acids is 1. The van der Waals surface area contributed by atoms with E-state index in [1.165, 1.54) is 6.07 Å². The number of nitrogen functional groups attached to an aromatic ring is 1. The number of halogens is 3. The van der Waals surface area contributed by atoms with E-state index >= 15 is 0 Å². The van der Waals surface area contributed by atoms with Crippen molar-refractivity contribution in [2.24, 2.45) is 0 Å². The zero-order valence-corrected chi connectivity index (χ0v) is 9.80. The lowest BCUT2D eigenvalue weighted by atomic mass is 10.1. The second-order valence-electron chi connectivity index (χ2n) is 3.12. The van der Waals surface area contributed by atoms with Gasteiger partial charge in [0.25, 0.3) is 6.43 Å². The summed E-state index contributed by atoms with van der Waals surface area (Å²) in [4.78, 5) is 15.2. The van der Waals surface area contributed by atoms with Gasteiger partial charge in [-0.25, -0.2) is 18.6 Å². The predicted octanol–water partition coefficient (Wildman–Crippen LogP) is 2.52. The quantitative estimate of drug-likeness (QED) is 0.670. The molecule has 0 amide bonds. The molecule has 0 fully saturated rings. The number of rotatable bonds is 4. The van der Waals surface area contributed by atoms with Crippen molar-refractivity contribution < 1.29 is 18.3 Å². The minimum atomic E-state index is -2.90. The first kappa shape index (κ1) is 13.6. The number of hydrogen-bond donors (Lipinski definition) is 1. The summed E-state index contributed by atoms with van der Waals surface area (Å²) < 4.78 is 30.2. The third-order valence-corrected chi connectivity index (χ3v) is 2.24. The highest BCUT2D eigenvalue weighted by atomic mass is 35.5. The molecule has 0 saturated heterocycles. The van der Waals surface area contributed by atoms with Gasteiger partial charge < -0.3 is 10.5 Å². The standard InChI is InChI=1S/C10H11ClF2N2O2/c1-2-17-10(16)8-7(9(12)13)6(14)3-5(4-11)15-8/h3,9H,2,4H2,1H3,(H2,14,15). The number of anilines is 1. The van der Waals surface area contributed by atoms with E-state index in [0.29, 0.717) is 0 Å². The molecule has 0 radical (unpaired) electrons. The summed E-state index contributed by atoms with van der Waals surface area (Å²) >= 11 is 5.53. The number of hydrogen-bond acceptors (Lipinski definition) is 4. The number of ether oxygens (including phenoxy) is 1. The molecule has 2 N–H and O–H groups in total. The molecule has 0 atom stereocenters. The molecule has 0 aliphatic rings. The summed E-state index contributed by atoms with van der Waals surface area (Å²) in [5.74, 6) is -0.957. The molecular formula is C10H11ClF2N2O2. The fraction of sp³-hybridized carbons (Fsp3) is 0.400. The van der Waals surface area contributed by atoms with Crippen LogP contribution < -0.4 is 5.73 Å². The van der Waals surface area contributed by atoms with Crippen molar-refractivity contribution in [1.29, 1.82) is 0 Å². The molecule has 1 rings (SSSR count). The molecule has 0 aromatic carbocycles. The van der Waals surface area contributed by atoms with Crippen LogP contribution in [-0.2, 0) is 10.6 Å². The lowest BCUT2D eigenvalue weighted by molar-refractivity contribution is 0.0507. The monoisotopic (exact) mass is 264 g/mol. The molecule has 7 heteroatoms. The Labute approximate surface area is 102 Å². The normalized spacial score (nSPS) is 10.6. The van der Waals surface area contributed by atoms with Gasteiger partial charge >= 0.3 is 5.97 Å². The Morgan fingerprint density at radius 1 is 1.65 bits per heavy atom. The second-order valence-corrected chi connectivity index (χ2v) is 3.39. The molecule has 94 valence electrons. The number of esters is 1. The molecule has 0 saturated carbocycles. The highest BCUT2D eigenvalue weighted by Gasteiger charge is 2.24. The average molecular weight is 265 g/mol. The van der Waals surface area contributed by atoms with Crippen LogP contribution >= 0.6 is 11.6 Å². The second kappa shape index (κ2) is 5.77. The van der Waals surface area contributed by atoms with Crippen LogP contribution in [0, 0.1) is 0 Å². The van der Waals surface area contributed by atoms with Gasteiger partial charge in [-0.3, -0.25) is 0 Å². The Bertz CT molecular complexity index is 427. The summed E-state index contributed by atoms with van der Waals surface area (Å²) in [7, 11) is 0. The summed E-state index contributed by atoms with van der Waals surface area (Å²) in [6.07, 6.45) is -2.90. The maximum atomic E-state index is 12.8. The fourth-order valence-corrected chi connectivity index (χ4v) is 1.42. The van der Waals surface area contributed by atoms with Gasteiger partial charge in [-0.05, 0) is 13.0 Å². The Kier molecular flexibility index (Phi) is 4.62. The van der Waals surface area contributed by atoms with E-state index in [9.17, 15) is 13.6 Å². The lowest BCUT2D eigenvalue weighted by Gasteiger charge is -2.11. The van der Waals surface area contributed by atoms with E-state index < -0.39 is 23.7 Å². The van der Waals surface area contributed by atoms with Crippen LogP contribution in [0.4, 0.5) is 14.5 Å². The van der Waals surface area contributed by atoms with Gasteiger partial charge in [0.1, 0.15) is 0 Å². The molecule has 1 heterocycles. The van der Waals surface area contributed by atoms with Crippen molar-refractivity contribution in [2.75, 3.05) is 12.3 Å². The summed E-state index contributed by atoms with van der Waals surface area (Å²) in [6, 6.07) is 1.22. The molecular weight excluding hydrogens is 254 g/mol. The van der Waals surface area contributed by atoms with E-state index in [1.807, 2.05) is 0 Å². The van der Waals surface area contributed by atoms with Gasteiger partial charge in [-0.2, -0.15) is 0 Å². The third kappa shape index (κ3) is 3.03. The number of aromatic nitrogens is 1. The van der Waals surface area contributed by atoms with Gasteiger partial charge in [-0.1, -0.05) is 0 Å². The lowest BCUT2D eigenvalue weighted by Crippen LogP contribution is -2.14. The number of alkyl halides is 3. The fourth-order valence-electron chi connectivity index (χ4n) is 1.28. The van der Waals surface area contributed by atoms with Crippen molar-refractivity contribution in [2.45, 2.75) is 19.2 Å². The molecule has 0 unspecified atom stereocenters. The van der Waals surface area contributed by atoms with E-state index in [4.69, 9.17) is 17.3 Å².